The molecule has 0 amide bonds. The zero-order valence-electron chi connectivity index (χ0n) is 9.54. The lowest BCUT2D eigenvalue weighted by atomic mass is 9.98. The van der Waals surface area contributed by atoms with Crippen LogP contribution in [0.5, 0.6) is 0 Å². The third-order valence-corrected chi connectivity index (χ3v) is 2.25. The molecule has 15 heavy (non-hydrogen) atoms. The molecule has 1 aliphatic rings. The van der Waals surface area contributed by atoms with Crippen molar-refractivity contribution in [1.82, 2.24) is 10.2 Å². The minimum atomic E-state index is 0.0246. The molecule has 1 fully saturated rings. The fourth-order valence-corrected chi connectivity index (χ4v) is 1.26. The van der Waals surface area contributed by atoms with Crippen molar-refractivity contribution in [3.8, 4) is 11.8 Å². The van der Waals surface area contributed by atoms with Crippen molar-refractivity contribution < 1.29 is 0 Å². The van der Waals surface area contributed by atoms with Crippen LogP contribution in [-0.4, -0.2) is 10.2 Å². The Hall–Kier alpha value is -1.36. The molecule has 2 nitrogen and oxygen atoms in total. The highest BCUT2D eigenvalue weighted by Crippen LogP contribution is 2.38. The lowest BCUT2D eigenvalue weighted by Crippen LogP contribution is -2.00. The second-order valence-corrected chi connectivity index (χ2v) is 5.12. The normalized spacial score (nSPS) is 15.7. The van der Waals surface area contributed by atoms with Gasteiger partial charge in [0, 0.05) is 11.3 Å². The molecule has 2 rings (SSSR count). The molecule has 0 bridgehead atoms. The van der Waals surface area contributed by atoms with Crippen molar-refractivity contribution in [3.05, 3.63) is 23.5 Å². The van der Waals surface area contributed by atoms with Crippen LogP contribution in [0.4, 0.5) is 0 Å². The predicted molar refractivity (Wildman–Crippen MR) is 60.3 cm³/mol. The highest BCUT2D eigenvalue weighted by Gasteiger charge is 2.24. The van der Waals surface area contributed by atoms with Gasteiger partial charge in [-0.15, -0.1) is 5.10 Å². The summed E-state index contributed by atoms with van der Waals surface area (Å²) in [6, 6.07) is 4.02. The van der Waals surface area contributed by atoms with Gasteiger partial charge in [0.25, 0.3) is 0 Å². The maximum absolute atomic E-state index is 4.19. The van der Waals surface area contributed by atoms with Crippen molar-refractivity contribution in [2.45, 2.75) is 39.5 Å². The zero-order valence-corrected chi connectivity index (χ0v) is 9.54. The fourth-order valence-electron chi connectivity index (χ4n) is 1.26. The van der Waals surface area contributed by atoms with E-state index in [4.69, 9.17) is 0 Å². The van der Waals surface area contributed by atoms with Crippen LogP contribution in [0.25, 0.3) is 0 Å². The van der Waals surface area contributed by atoms with E-state index in [9.17, 15) is 0 Å². The lowest BCUT2D eigenvalue weighted by molar-refractivity contribution is 0.571. The van der Waals surface area contributed by atoms with Gasteiger partial charge in [0.15, 0.2) is 0 Å². The lowest BCUT2D eigenvalue weighted by Gasteiger charge is -2.06. The fraction of sp³-hybridized carbons (Fsp3) is 0.538. The van der Waals surface area contributed by atoms with Crippen LogP contribution in [0.3, 0.4) is 0 Å². The Morgan fingerprint density at radius 3 is 2.40 bits per heavy atom. The van der Waals surface area contributed by atoms with Crippen LogP contribution in [0, 0.1) is 17.3 Å². The molecular formula is C13H16N2. The standard InChI is InChI=1S/C13H16N2/c1-13(2,3)9-8-11-6-7-12(15-14-11)10-4-5-10/h6-7,10H,4-5H2,1-3H3. The summed E-state index contributed by atoms with van der Waals surface area (Å²) in [5, 5.41) is 8.31. The van der Waals surface area contributed by atoms with Gasteiger partial charge in [0.2, 0.25) is 0 Å². The molecule has 0 radical (unpaired) electrons. The van der Waals surface area contributed by atoms with Crippen molar-refractivity contribution in [3.63, 3.8) is 0 Å². The molecule has 0 N–H and O–H groups in total. The third-order valence-electron chi connectivity index (χ3n) is 2.25. The average molecular weight is 200 g/mol. The van der Waals surface area contributed by atoms with E-state index >= 15 is 0 Å². The van der Waals surface area contributed by atoms with E-state index in [1.807, 2.05) is 6.07 Å². The van der Waals surface area contributed by atoms with Gasteiger partial charge in [0.1, 0.15) is 5.69 Å². The second kappa shape index (κ2) is 3.66. The highest BCUT2D eigenvalue weighted by atomic mass is 15.1. The second-order valence-electron chi connectivity index (χ2n) is 5.12. The summed E-state index contributed by atoms with van der Waals surface area (Å²) in [5.41, 5.74) is 1.92. The van der Waals surface area contributed by atoms with Crippen LogP contribution >= 0.6 is 0 Å². The van der Waals surface area contributed by atoms with Crippen molar-refractivity contribution in [2.24, 2.45) is 5.41 Å². The molecule has 1 saturated carbocycles. The molecule has 78 valence electrons. The number of hydrogen-bond donors (Lipinski definition) is 0. The molecule has 0 atom stereocenters. The molecule has 2 heteroatoms. The molecular weight excluding hydrogens is 184 g/mol. The Kier molecular flexibility index (Phi) is 2.48. The van der Waals surface area contributed by atoms with E-state index in [-0.39, 0.29) is 5.41 Å². The minimum absolute atomic E-state index is 0.0246. The SMILES string of the molecule is CC(C)(C)C#Cc1ccc(C2CC2)nn1. The van der Waals surface area contributed by atoms with Gasteiger partial charge in [0.05, 0.1) is 5.69 Å². The first-order valence-corrected chi connectivity index (χ1v) is 5.41. The van der Waals surface area contributed by atoms with Gasteiger partial charge in [-0.05, 0) is 51.7 Å². The predicted octanol–water partition coefficient (Wildman–Crippen LogP) is 2.75. The van der Waals surface area contributed by atoms with E-state index < -0.39 is 0 Å². The van der Waals surface area contributed by atoms with E-state index in [2.05, 4.69) is 48.9 Å². The quantitative estimate of drug-likeness (QED) is 0.651. The summed E-state index contributed by atoms with van der Waals surface area (Å²) < 4.78 is 0. The Morgan fingerprint density at radius 1 is 1.20 bits per heavy atom. The molecule has 1 aromatic rings. The van der Waals surface area contributed by atoms with Gasteiger partial charge in [-0.1, -0.05) is 5.92 Å². The summed E-state index contributed by atoms with van der Waals surface area (Å²) in [5.74, 6) is 6.87. The van der Waals surface area contributed by atoms with Gasteiger partial charge in [-0.3, -0.25) is 0 Å². The summed E-state index contributed by atoms with van der Waals surface area (Å²) in [4.78, 5) is 0. The van der Waals surface area contributed by atoms with E-state index in [0.717, 1.165) is 11.4 Å². The number of nitrogens with zero attached hydrogens (tertiary/aromatic N) is 2. The first-order chi connectivity index (χ1) is 7.04. The van der Waals surface area contributed by atoms with Crippen molar-refractivity contribution in [2.75, 3.05) is 0 Å². The molecule has 0 aromatic carbocycles. The minimum Gasteiger partial charge on any atom is -0.154 e. The van der Waals surface area contributed by atoms with E-state index in [1.54, 1.807) is 0 Å². The largest absolute Gasteiger partial charge is 0.154 e. The third kappa shape index (κ3) is 3.06. The van der Waals surface area contributed by atoms with Crippen LogP contribution in [0.2, 0.25) is 0 Å². The van der Waals surface area contributed by atoms with Crippen molar-refractivity contribution >= 4 is 0 Å². The van der Waals surface area contributed by atoms with Gasteiger partial charge in [-0.25, -0.2) is 0 Å². The molecule has 1 heterocycles. The highest BCUT2D eigenvalue weighted by molar-refractivity contribution is 5.29. The maximum atomic E-state index is 4.19. The molecule has 1 aliphatic carbocycles. The molecule has 0 spiro atoms. The van der Waals surface area contributed by atoms with Gasteiger partial charge < -0.3 is 0 Å². The van der Waals surface area contributed by atoms with Crippen LogP contribution in [0.1, 0.15) is 50.9 Å². The Balaban J connectivity index is 2.12. The number of rotatable bonds is 1. The topological polar surface area (TPSA) is 25.8 Å². The van der Waals surface area contributed by atoms with Crippen LogP contribution in [0.15, 0.2) is 12.1 Å². The first kappa shape index (κ1) is 10.2. The Labute approximate surface area is 91.1 Å². The number of hydrogen-bond acceptors (Lipinski definition) is 2. The Morgan fingerprint density at radius 2 is 1.93 bits per heavy atom. The van der Waals surface area contributed by atoms with E-state index in [1.165, 1.54) is 12.8 Å². The first-order valence-electron chi connectivity index (χ1n) is 5.41. The summed E-state index contributed by atoms with van der Waals surface area (Å²) in [6.07, 6.45) is 2.53. The summed E-state index contributed by atoms with van der Waals surface area (Å²) >= 11 is 0. The zero-order chi connectivity index (χ0) is 10.9. The van der Waals surface area contributed by atoms with Gasteiger partial charge >= 0.3 is 0 Å². The van der Waals surface area contributed by atoms with E-state index in [0.29, 0.717) is 5.92 Å². The maximum Gasteiger partial charge on any atom is 0.135 e. The van der Waals surface area contributed by atoms with Crippen LogP contribution in [-0.2, 0) is 0 Å². The number of aromatic nitrogens is 2. The summed E-state index contributed by atoms with van der Waals surface area (Å²) in [6.45, 7) is 6.27. The van der Waals surface area contributed by atoms with Crippen LogP contribution < -0.4 is 0 Å². The monoisotopic (exact) mass is 200 g/mol. The summed E-state index contributed by atoms with van der Waals surface area (Å²) in [7, 11) is 0. The molecule has 1 aromatic heterocycles. The Bertz CT molecular complexity index is 397. The molecule has 0 unspecified atom stereocenters. The van der Waals surface area contributed by atoms with Gasteiger partial charge in [-0.2, -0.15) is 5.10 Å². The smallest absolute Gasteiger partial charge is 0.135 e. The molecule has 0 aliphatic heterocycles. The molecule has 0 saturated heterocycles. The average Bonchev–Trinajstić information content (AvgIpc) is 2.98. The van der Waals surface area contributed by atoms with Crippen molar-refractivity contribution in [1.29, 1.82) is 0 Å².